The Kier molecular flexibility index (Phi) is 2.14. The van der Waals surface area contributed by atoms with Crippen molar-refractivity contribution in [3.05, 3.63) is 17.0 Å². The van der Waals surface area contributed by atoms with E-state index in [2.05, 4.69) is 5.10 Å². The quantitative estimate of drug-likeness (QED) is 0.586. The van der Waals surface area contributed by atoms with Crippen molar-refractivity contribution in [3.8, 4) is 0 Å². The number of carbonyl (C=O) groups excluding carboxylic acids is 1. The highest BCUT2D eigenvalue weighted by Gasteiger charge is 2.17. The lowest BCUT2D eigenvalue weighted by Crippen LogP contribution is -2.02. The maximum atomic E-state index is 10.7. The number of aryl methyl sites for hydroxylation is 1. The molecule has 0 fully saturated rings. The zero-order chi connectivity index (χ0) is 9.26. The molecular weight excluding hydrogens is 168 g/mol. The molecule has 4 nitrogen and oxygen atoms in total. The third-order valence-corrected chi connectivity index (χ3v) is 2.40. The minimum atomic E-state index is 0.572. The van der Waals surface area contributed by atoms with E-state index in [9.17, 15) is 4.79 Å². The molecule has 0 aromatic carbocycles. The molecule has 13 heavy (non-hydrogen) atoms. The third kappa shape index (κ3) is 1.37. The molecule has 0 radical (unpaired) electrons. The molecule has 0 spiro atoms. The maximum absolute atomic E-state index is 10.7. The van der Waals surface area contributed by atoms with Gasteiger partial charge in [-0.25, -0.2) is 0 Å². The van der Waals surface area contributed by atoms with Crippen LogP contribution in [-0.4, -0.2) is 29.3 Å². The smallest absolute Gasteiger partial charge is 0.170 e. The standard InChI is InChI=1S/C9H12N2O2/c1-11-9-3-5-13-4-2-7(9)8(6-12)10-11/h6H,2-5H2,1H3. The predicted molar refractivity (Wildman–Crippen MR) is 46.8 cm³/mol. The molecular formula is C9H12N2O2. The SMILES string of the molecule is Cn1nc(C=O)c2c1CCOCC2. The zero-order valence-corrected chi connectivity index (χ0v) is 7.62. The number of nitrogens with zero attached hydrogens (tertiary/aromatic N) is 2. The molecule has 1 aromatic heterocycles. The molecule has 2 rings (SSSR count). The van der Waals surface area contributed by atoms with Crippen molar-refractivity contribution >= 4 is 6.29 Å². The predicted octanol–water partition coefficient (Wildman–Crippen LogP) is 0.348. The summed E-state index contributed by atoms with van der Waals surface area (Å²) in [6, 6.07) is 0. The number of ether oxygens (including phenoxy) is 1. The number of rotatable bonds is 1. The number of aromatic nitrogens is 2. The molecule has 0 aliphatic carbocycles. The van der Waals surface area contributed by atoms with Gasteiger partial charge in [0.25, 0.3) is 0 Å². The molecule has 2 heterocycles. The maximum Gasteiger partial charge on any atom is 0.170 e. The Hall–Kier alpha value is -1.16. The van der Waals surface area contributed by atoms with Crippen LogP contribution in [0.3, 0.4) is 0 Å². The summed E-state index contributed by atoms with van der Waals surface area (Å²) >= 11 is 0. The molecule has 0 N–H and O–H groups in total. The minimum absolute atomic E-state index is 0.572. The summed E-state index contributed by atoms with van der Waals surface area (Å²) in [6.45, 7) is 1.42. The lowest BCUT2D eigenvalue weighted by Gasteiger charge is -1.98. The molecule has 0 atom stereocenters. The summed E-state index contributed by atoms with van der Waals surface area (Å²) in [7, 11) is 1.87. The first-order chi connectivity index (χ1) is 6.33. The van der Waals surface area contributed by atoms with Crippen LogP contribution in [0.1, 0.15) is 21.7 Å². The Labute approximate surface area is 76.5 Å². The van der Waals surface area contributed by atoms with Crippen LogP contribution in [0.2, 0.25) is 0 Å². The van der Waals surface area contributed by atoms with Crippen molar-refractivity contribution in [3.63, 3.8) is 0 Å². The molecule has 4 heteroatoms. The van der Waals surface area contributed by atoms with Gasteiger partial charge in [-0.15, -0.1) is 0 Å². The lowest BCUT2D eigenvalue weighted by atomic mass is 10.1. The second-order valence-electron chi connectivity index (χ2n) is 3.16. The van der Waals surface area contributed by atoms with Gasteiger partial charge in [-0.05, 0) is 6.42 Å². The summed E-state index contributed by atoms with van der Waals surface area (Å²) in [5.74, 6) is 0. The molecule has 1 aliphatic heterocycles. The van der Waals surface area contributed by atoms with E-state index >= 15 is 0 Å². The average Bonchev–Trinajstić information content (AvgIpc) is 2.38. The largest absolute Gasteiger partial charge is 0.381 e. The summed E-state index contributed by atoms with van der Waals surface area (Å²) in [5.41, 5.74) is 2.78. The van der Waals surface area contributed by atoms with E-state index in [4.69, 9.17) is 4.74 Å². The van der Waals surface area contributed by atoms with Gasteiger partial charge >= 0.3 is 0 Å². The van der Waals surface area contributed by atoms with Crippen LogP contribution < -0.4 is 0 Å². The van der Waals surface area contributed by atoms with Gasteiger partial charge in [0.2, 0.25) is 0 Å². The Morgan fingerprint density at radius 2 is 2.23 bits per heavy atom. The van der Waals surface area contributed by atoms with Gasteiger partial charge in [0, 0.05) is 24.7 Å². The monoisotopic (exact) mass is 180 g/mol. The van der Waals surface area contributed by atoms with E-state index in [1.807, 2.05) is 7.05 Å². The van der Waals surface area contributed by atoms with Crippen LogP contribution in [0.4, 0.5) is 0 Å². The Balaban J connectivity index is 2.47. The van der Waals surface area contributed by atoms with E-state index in [1.54, 1.807) is 4.68 Å². The van der Waals surface area contributed by atoms with Gasteiger partial charge in [-0.1, -0.05) is 0 Å². The average molecular weight is 180 g/mol. The van der Waals surface area contributed by atoms with Crippen LogP contribution in [-0.2, 0) is 24.6 Å². The second kappa shape index (κ2) is 3.30. The molecule has 1 aliphatic rings. The van der Waals surface area contributed by atoms with Gasteiger partial charge in [0.1, 0.15) is 5.69 Å². The van der Waals surface area contributed by atoms with Gasteiger partial charge in [-0.2, -0.15) is 5.10 Å². The van der Waals surface area contributed by atoms with Crippen molar-refractivity contribution in [1.29, 1.82) is 0 Å². The highest BCUT2D eigenvalue weighted by atomic mass is 16.5. The minimum Gasteiger partial charge on any atom is -0.381 e. The fourth-order valence-corrected chi connectivity index (χ4v) is 1.75. The van der Waals surface area contributed by atoms with Gasteiger partial charge < -0.3 is 4.74 Å². The molecule has 0 amide bonds. The van der Waals surface area contributed by atoms with Crippen LogP contribution in [0.15, 0.2) is 0 Å². The topological polar surface area (TPSA) is 44.1 Å². The van der Waals surface area contributed by atoms with Crippen LogP contribution in [0.5, 0.6) is 0 Å². The molecule has 0 bridgehead atoms. The van der Waals surface area contributed by atoms with Crippen molar-refractivity contribution in [2.24, 2.45) is 7.05 Å². The van der Waals surface area contributed by atoms with Gasteiger partial charge in [0.15, 0.2) is 6.29 Å². The summed E-state index contributed by atoms with van der Waals surface area (Å²) in [4.78, 5) is 10.7. The second-order valence-corrected chi connectivity index (χ2v) is 3.16. The molecule has 70 valence electrons. The highest BCUT2D eigenvalue weighted by molar-refractivity contribution is 5.74. The van der Waals surface area contributed by atoms with E-state index in [0.29, 0.717) is 12.3 Å². The Morgan fingerprint density at radius 1 is 1.46 bits per heavy atom. The normalized spacial score (nSPS) is 16.4. The first kappa shape index (κ1) is 8.44. The summed E-state index contributed by atoms with van der Waals surface area (Å²) in [6.07, 6.45) is 2.48. The Bertz CT molecular complexity index is 331. The number of hydrogen-bond donors (Lipinski definition) is 0. The van der Waals surface area contributed by atoms with E-state index in [0.717, 1.165) is 37.0 Å². The first-order valence-electron chi connectivity index (χ1n) is 4.40. The van der Waals surface area contributed by atoms with Crippen molar-refractivity contribution in [2.75, 3.05) is 13.2 Å². The van der Waals surface area contributed by atoms with E-state index in [1.165, 1.54) is 0 Å². The Morgan fingerprint density at radius 3 is 3.00 bits per heavy atom. The van der Waals surface area contributed by atoms with Crippen LogP contribution in [0, 0.1) is 0 Å². The molecule has 1 aromatic rings. The number of hydrogen-bond acceptors (Lipinski definition) is 3. The molecule has 0 saturated carbocycles. The van der Waals surface area contributed by atoms with E-state index < -0.39 is 0 Å². The molecule has 0 unspecified atom stereocenters. The van der Waals surface area contributed by atoms with Crippen molar-refractivity contribution in [1.82, 2.24) is 9.78 Å². The molecule has 0 saturated heterocycles. The fourth-order valence-electron chi connectivity index (χ4n) is 1.75. The number of fused-ring (bicyclic) bond motifs is 1. The third-order valence-electron chi connectivity index (χ3n) is 2.40. The fraction of sp³-hybridized carbons (Fsp3) is 0.556. The van der Waals surface area contributed by atoms with Gasteiger partial charge in [-0.3, -0.25) is 9.48 Å². The highest BCUT2D eigenvalue weighted by Crippen LogP contribution is 2.16. The van der Waals surface area contributed by atoms with Crippen LogP contribution >= 0.6 is 0 Å². The summed E-state index contributed by atoms with van der Waals surface area (Å²) in [5, 5.41) is 4.15. The van der Waals surface area contributed by atoms with Gasteiger partial charge in [0.05, 0.1) is 13.2 Å². The number of carbonyl (C=O) groups is 1. The first-order valence-corrected chi connectivity index (χ1v) is 4.40. The van der Waals surface area contributed by atoms with Crippen molar-refractivity contribution in [2.45, 2.75) is 12.8 Å². The number of aldehydes is 1. The zero-order valence-electron chi connectivity index (χ0n) is 7.62. The van der Waals surface area contributed by atoms with E-state index in [-0.39, 0.29) is 0 Å². The summed E-state index contributed by atoms with van der Waals surface area (Å²) < 4.78 is 7.12. The van der Waals surface area contributed by atoms with Crippen molar-refractivity contribution < 1.29 is 9.53 Å². The lowest BCUT2D eigenvalue weighted by molar-refractivity contribution is 0.111. The van der Waals surface area contributed by atoms with Crippen LogP contribution in [0.25, 0.3) is 0 Å².